The van der Waals surface area contributed by atoms with E-state index in [9.17, 15) is 13.2 Å². The van der Waals surface area contributed by atoms with Crippen LogP contribution in [0.3, 0.4) is 0 Å². The van der Waals surface area contributed by atoms with E-state index >= 15 is 0 Å². The van der Waals surface area contributed by atoms with E-state index < -0.39 is 10.0 Å². The fourth-order valence-electron chi connectivity index (χ4n) is 4.31. The number of likely N-dealkylation sites (tertiary alicyclic amines) is 1. The number of hydrogen-bond donors (Lipinski definition) is 1. The summed E-state index contributed by atoms with van der Waals surface area (Å²) in [6.45, 7) is 7.97. The van der Waals surface area contributed by atoms with Crippen LogP contribution in [0.5, 0.6) is 0 Å². The molecule has 7 nitrogen and oxygen atoms in total. The number of carbonyl (C=O) groups excluding carboxylic acids is 1. The van der Waals surface area contributed by atoms with Gasteiger partial charge in [-0.15, -0.1) is 11.3 Å². The molecule has 32 heavy (non-hydrogen) atoms. The highest BCUT2D eigenvalue weighted by Gasteiger charge is 2.32. The van der Waals surface area contributed by atoms with E-state index in [0.29, 0.717) is 36.0 Å². The summed E-state index contributed by atoms with van der Waals surface area (Å²) in [5.41, 5.74) is 2.02. The normalized spacial score (nSPS) is 19.8. The van der Waals surface area contributed by atoms with Crippen molar-refractivity contribution in [3.63, 3.8) is 0 Å². The third-order valence-electron chi connectivity index (χ3n) is 6.53. The van der Waals surface area contributed by atoms with E-state index in [0.717, 1.165) is 36.8 Å². The molecule has 1 amide bonds. The summed E-state index contributed by atoms with van der Waals surface area (Å²) in [5, 5.41) is 5.60. The van der Waals surface area contributed by atoms with E-state index in [2.05, 4.69) is 22.1 Å². The molecule has 0 unspecified atom stereocenters. The highest BCUT2D eigenvalue weighted by atomic mass is 32.2. The average molecular weight is 477 g/mol. The molecule has 2 aliphatic rings. The third kappa shape index (κ3) is 5.57. The SMILES string of the molecule is Cc1ccc(S(=O)(=O)N2CCC(C(=O)Nc3nc(CN4CCC(C)CC4)cs3)CC2)cc1. The number of piperidine rings is 2. The summed E-state index contributed by atoms with van der Waals surface area (Å²) in [5.74, 6) is 0.537. The van der Waals surface area contributed by atoms with E-state index in [1.165, 1.54) is 28.5 Å². The van der Waals surface area contributed by atoms with Gasteiger partial charge in [0.05, 0.1) is 10.6 Å². The lowest BCUT2D eigenvalue weighted by Crippen LogP contribution is -2.41. The first-order valence-electron chi connectivity index (χ1n) is 11.4. The van der Waals surface area contributed by atoms with Crippen molar-refractivity contribution in [2.45, 2.75) is 51.0 Å². The van der Waals surface area contributed by atoms with Gasteiger partial charge in [0.25, 0.3) is 0 Å². The topological polar surface area (TPSA) is 82.6 Å². The Bertz CT molecular complexity index is 1020. The first-order chi connectivity index (χ1) is 15.3. The van der Waals surface area contributed by atoms with Gasteiger partial charge in [-0.25, -0.2) is 13.4 Å². The molecule has 0 saturated carbocycles. The molecule has 2 saturated heterocycles. The van der Waals surface area contributed by atoms with Crippen LogP contribution in [0.2, 0.25) is 0 Å². The monoisotopic (exact) mass is 476 g/mol. The van der Waals surface area contributed by atoms with Crippen LogP contribution < -0.4 is 5.32 Å². The van der Waals surface area contributed by atoms with Crippen molar-refractivity contribution in [3.05, 3.63) is 40.9 Å². The van der Waals surface area contributed by atoms with Gasteiger partial charge in [0.15, 0.2) is 5.13 Å². The summed E-state index contributed by atoms with van der Waals surface area (Å²) in [6.07, 6.45) is 3.49. The van der Waals surface area contributed by atoms with E-state index in [-0.39, 0.29) is 11.8 Å². The zero-order chi connectivity index (χ0) is 22.7. The van der Waals surface area contributed by atoms with Crippen molar-refractivity contribution in [1.82, 2.24) is 14.2 Å². The minimum Gasteiger partial charge on any atom is -0.302 e. The number of rotatable bonds is 6. The summed E-state index contributed by atoms with van der Waals surface area (Å²) in [4.78, 5) is 20.1. The molecule has 0 radical (unpaired) electrons. The fourth-order valence-corrected chi connectivity index (χ4v) is 6.49. The number of benzene rings is 1. The standard InChI is InChI=1S/C23H32N4O3S2/c1-17-3-5-21(6-4-17)32(29,30)27-13-9-19(10-14-27)22(28)25-23-24-20(16-31-23)15-26-11-7-18(2)8-12-26/h3-6,16,18-19H,7-15H2,1-2H3,(H,24,25,28). The number of amides is 1. The van der Waals surface area contributed by atoms with Crippen molar-refractivity contribution in [2.24, 2.45) is 11.8 Å². The number of aromatic nitrogens is 1. The maximum absolute atomic E-state index is 12.9. The maximum atomic E-state index is 12.9. The van der Waals surface area contributed by atoms with Crippen molar-refractivity contribution in [1.29, 1.82) is 0 Å². The molecular formula is C23H32N4O3S2. The van der Waals surface area contributed by atoms with Gasteiger partial charge in [0.1, 0.15) is 0 Å². The van der Waals surface area contributed by atoms with Gasteiger partial charge in [-0.2, -0.15) is 4.31 Å². The maximum Gasteiger partial charge on any atom is 0.243 e. The lowest BCUT2D eigenvalue weighted by atomic mass is 9.97. The molecule has 0 bridgehead atoms. The van der Waals surface area contributed by atoms with Crippen LogP contribution in [0.1, 0.15) is 43.9 Å². The molecule has 0 spiro atoms. The summed E-state index contributed by atoms with van der Waals surface area (Å²) in [7, 11) is -3.51. The van der Waals surface area contributed by atoms with Crippen LogP contribution in [-0.4, -0.2) is 54.7 Å². The molecule has 1 N–H and O–H groups in total. The predicted molar refractivity (Wildman–Crippen MR) is 127 cm³/mol. The van der Waals surface area contributed by atoms with Crippen LogP contribution in [0.4, 0.5) is 5.13 Å². The second-order valence-electron chi connectivity index (χ2n) is 9.08. The summed E-state index contributed by atoms with van der Waals surface area (Å²) in [6, 6.07) is 6.91. The van der Waals surface area contributed by atoms with Crippen molar-refractivity contribution in [2.75, 3.05) is 31.5 Å². The first-order valence-corrected chi connectivity index (χ1v) is 13.7. The van der Waals surface area contributed by atoms with Crippen LogP contribution >= 0.6 is 11.3 Å². The molecule has 0 aliphatic carbocycles. The van der Waals surface area contributed by atoms with Crippen molar-refractivity contribution in [3.8, 4) is 0 Å². The molecule has 2 aliphatic heterocycles. The van der Waals surface area contributed by atoms with Crippen LogP contribution in [0.25, 0.3) is 0 Å². The third-order valence-corrected chi connectivity index (χ3v) is 9.25. The van der Waals surface area contributed by atoms with Gasteiger partial charge < -0.3 is 5.32 Å². The van der Waals surface area contributed by atoms with Crippen LogP contribution in [0, 0.1) is 18.8 Å². The average Bonchev–Trinajstić information content (AvgIpc) is 3.22. The molecule has 174 valence electrons. The Kier molecular flexibility index (Phi) is 7.29. The minimum atomic E-state index is -3.51. The number of nitrogens with one attached hydrogen (secondary N) is 1. The number of carbonyl (C=O) groups is 1. The Balaban J connectivity index is 1.28. The van der Waals surface area contributed by atoms with Gasteiger partial charge in [-0.1, -0.05) is 24.6 Å². The second-order valence-corrected chi connectivity index (χ2v) is 11.9. The Labute approximate surface area is 194 Å². The number of thiazole rings is 1. The first kappa shape index (κ1) is 23.4. The highest BCUT2D eigenvalue weighted by Crippen LogP contribution is 2.26. The lowest BCUT2D eigenvalue weighted by Gasteiger charge is -2.30. The Morgan fingerprint density at radius 2 is 1.75 bits per heavy atom. The molecular weight excluding hydrogens is 444 g/mol. The number of hydrogen-bond acceptors (Lipinski definition) is 6. The minimum absolute atomic E-state index is 0.0647. The van der Waals surface area contributed by atoms with Gasteiger partial charge in [-0.05, 0) is 63.7 Å². The van der Waals surface area contributed by atoms with E-state index in [1.807, 2.05) is 12.3 Å². The number of nitrogens with zero attached hydrogens (tertiary/aromatic N) is 3. The van der Waals surface area contributed by atoms with Crippen molar-refractivity contribution < 1.29 is 13.2 Å². The molecule has 2 aromatic rings. The number of sulfonamides is 1. The molecule has 1 aromatic heterocycles. The Hall–Kier alpha value is -1.81. The summed E-state index contributed by atoms with van der Waals surface area (Å²) < 4.78 is 27.2. The second kappa shape index (κ2) is 9.99. The molecule has 3 heterocycles. The largest absolute Gasteiger partial charge is 0.302 e. The molecule has 0 atom stereocenters. The number of anilines is 1. The summed E-state index contributed by atoms with van der Waals surface area (Å²) >= 11 is 1.46. The zero-order valence-electron chi connectivity index (χ0n) is 18.8. The van der Waals surface area contributed by atoms with Gasteiger partial charge in [-0.3, -0.25) is 9.69 Å². The quantitative estimate of drug-likeness (QED) is 0.687. The predicted octanol–water partition coefficient (Wildman–Crippen LogP) is 3.72. The number of aryl methyl sites for hydroxylation is 1. The fraction of sp³-hybridized carbons (Fsp3) is 0.565. The van der Waals surface area contributed by atoms with E-state index in [4.69, 9.17) is 0 Å². The van der Waals surface area contributed by atoms with Crippen molar-refractivity contribution >= 4 is 32.4 Å². The zero-order valence-corrected chi connectivity index (χ0v) is 20.4. The molecule has 9 heteroatoms. The molecule has 1 aromatic carbocycles. The Morgan fingerprint density at radius 1 is 1.09 bits per heavy atom. The Morgan fingerprint density at radius 3 is 2.41 bits per heavy atom. The molecule has 2 fully saturated rings. The van der Waals surface area contributed by atoms with Gasteiger partial charge >= 0.3 is 0 Å². The van der Waals surface area contributed by atoms with E-state index in [1.54, 1.807) is 24.3 Å². The van der Waals surface area contributed by atoms with Crippen LogP contribution in [0.15, 0.2) is 34.5 Å². The lowest BCUT2D eigenvalue weighted by molar-refractivity contribution is -0.120. The van der Waals surface area contributed by atoms with Crippen LogP contribution in [-0.2, 0) is 21.4 Å². The molecule has 4 rings (SSSR count). The smallest absolute Gasteiger partial charge is 0.243 e. The highest BCUT2D eigenvalue weighted by molar-refractivity contribution is 7.89. The van der Waals surface area contributed by atoms with Gasteiger partial charge in [0.2, 0.25) is 15.9 Å². The van der Waals surface area contributed by atoms with Gasteiger partial charge in [0, 0.05) is 30.9 Å².